The summed E-state index contributed by atoms with van der Waals surface area (Å²) >= 11 is 0. The van der Waals surface area contributed by atoms with Crippen LogP contribution in [0.4, 0.5) is 5.69 Å². The Bertz CT molecular complexity index is 1020. The van der Waals surface area contributed by atoms with Gasteiger partial charge in [0, 0.05) is 30.0 Å². The molecule has 23 heavy (non-hydrogen) atoms. The zero-order valence-electron chi connectivity index (χ0n) is 13.2. The first-order valence-electron chi connectivity index (χ1n) is 7.61. The van der Waals surface area contributed by atoms with Crippen molar-refractivity contribution in [1.82, 2.24) is 4.40 Å². The fourth-order valence-corrected chi connectivity index (χ4v) is 4.23. The molecule has 1 aliphatic rings. The number of nitrogens with zero attached hydrogens (tertiary/aromatic N) is 2. The number of aryl methyl sites for hydroxylation is 1. The van der Waals surface area contributed by atoms with Gasteiger partial charge in [0.2, 0.25) is 10.0 Å². The Kier molecular flexibility index (Phi) is 3.03. The number of hydrogen-bond donors (Lipinski definition) is 0. The van der Waals surface area contributed by atoms with Crippen LogP contribution in [-0.2, 0) is 16.4 Å². The molecule has 1 aromatic carbocycles. The third-order valence-electron chi connectivity index (χ3n) is 4.42. The Morgan fingerprint density at radius 1 is 1.04 bits per heavy atom. The molecule has 3 heterocycles. The van der Waals surface area contributed by atoms with Crippen molar-refractivity contribution < 1.29 is 8.42 Å². The summed E-state index contributed by atoms with van der Waals surface area (Å²) in [5.41, 5.74) is 6.59. The highest BCUT2D eigenvalue weighted by Gasteiger charge is 2.26. The van der Waals surface area contributed by atoms with E-state index in [0.717, 1.165) is 28.8 Å². The molecule has 1 aliphatic heterocycles. The molecule has 4 nitrogen and oxygen atoms in total. The second-order valence-electron chi connectivity index (χ2n) is 6.19. The van der Waals surface area contributed by atoms with Crippen LogP contribution in [0.25, 0.3) is 16.6 Å². The van der Waals surface area contributed by atoms with E-state index in [-0.39, 0.29) is 0 Å². The SMILES string of the molecule is Cc1ccn2cc(-c3ccc4c(c3)CCN4S(C)(=O)=O)cc2c1. The molecule has 118 valence electrons. The van der Waals surface area contributed by atoms with Crippen LogP contribution in [0.5, 0.6) is 0 Å². The first-order chi connectivity index (χ1) is 10.9. The number of rotatable bonds is 2. The van der Waals surface area contributed by atoms with E-state index in [9.17, 15) is 8.42 Å². The highest BCUT2D eigenvalue weighted by atomic mass is 32.2. The van der Waals surface area contributed by atoms with E-state index >= 15 is 0 Å². The molecule has 0 saturated carbocycles. The summed E-state index contributed by atoms with van der Waals surface area (Å²) in [6.45, 7) is 2.62. The average molecular weight is 326 g/mol. The van der Waals surface area contributed by atoms with E-state index < -0.39 is 10.0 Å². The minimum Gasteiger partial charge on any atom is -0.323 e. The molecule has 0 bridgehead atoms. The number of benzene rings is 1. The maximum Gasteiger partial charge on any atom is 0.232 e. The zero-order valence-corrected chi connectivity index (χ0v) is 14.0. The maximum absolute atomic E-state index is 11.8. The summed E-state index contributed by atoms with van der Waals surface area (Å²) < 4.78 is 27.2. The summed E-state index contributed by atoms with van der Waals surface area (Å²) in [5, 5.41) is 0. The van der Waals surface area contributed by atoms with Gasteiger partial charge in [0.25, 0.3) is 0 Å². The van der Waals surface area contributed by atoms with Crippen molar-refractivity contribution in [2.24, 2.45) is 0 Å². The third-order valence-corrected chi connectivity index (χ3v) is 5.60. The van der Waals surface area contributed by atoms with E-state index in [1.54, 1.807) is 0 Å². The first-order valence-corrected chi connectivity index (χ1v) is 9.46. The van der Waals surface area contributed by atoms with Gasteiger partial charge < -0.3 is 4.40 Å². The van der Waals surface area contributed by atoms with E-state index in [2.05, 4.69) is 48.0 Å². The molecular formula is C18H18N2O2S. The Morgan fingerprint density at radius 3 is 2.65 bits per heavy atom. The van der Waals surface area contributed by atoms with Crippen LogP contribution in [0.3, 0.4) is 0 Å². The number of sulfonamides is 1. The first kappa shape index (κ1) is 14.3. The van der Waals surface area contributed by atoms with Crippen molar-refractivity contribution in [3.63, 3.8) is 0 Å². The van der Waals surface area contributed by atoms with Crippen molar-refractivity contribution in [1.29, 1.82) is 0 Å². The number of fused-ring (bicyclic) bond motifs is 2. The van der Waals surface area contributed by atoms with Crippen LogP contribution >= 0.6 is 0 Å². The van der Waals surface area contributed by atoms with Crippen LogP contribution in [0.15, 0.2) is 48.8 Å². The number of hydrogen-bond acceptors (Lipinski definition) is 2. The number of anilines is 1. The van der Waals surface area contributed by atoms with Crippen molar-refractivity contribution >= 4 is 21.2 Å². The lowest BCUT2D eigenvalue weighted by Gasteiger charge is -2.16. The lowest BCUT2D eigenvalue weighted by molar-refractivity contribution is 0.598. The van der Waals surface area contributed by atoms with Gasteiger partial charge in [-0.15, -0.1) is 0 Å². The molecule has 3 aromatic rings. The molecule has 0 atom stereocenters. The van der Waals surface area contributed by atoms with Crippen LogP contribution in [0, 0.1) is 6.92 Å². The van der Waals surface area contributed by atoms with Gasteiger partial charge in [-0.3, -0.25) is 4.31 Å². The summed E-state index contributed by atoms with van der Waals surface area (Å²) in [5.74, 6) is 0. The quantitative estimate of drug-likeness (QED) is 0.725. The van der Waals surface area contributed by atoms with Gasteiger partial charge in [-0.2, -0.15) is 0 Å². The van der Waals surface area contributed by atoms with Gasteiger partial charge in [-0.05, 0) is 60.4 Å². The van der Waals surface area contributed by atoms with Crippen LogP contribution < -0.4 is 4.31 Å². The van der Waals surface area contributed by atoms with E-state index in [0.29, 0.717) is 6.54 Å². The topological polar surface area (TPSA) is 41.8 Å². The standard InChI is InChI=1S/C18H18N2O2S/c1-13-5-7-19-12-16(11-17(19)9-13)14-3-4-18-15(10-14)6-8-20(18)23(2,21)22/h3-5,7,9-12H,6,8H2,1-2H3. The van der Waals surface area contributed by atoms with E-state index in [1.807, 2.05) is 12.1 Å². The van der Waals surface area contributed by atoms with E-state index in [1.165, 1.54) is 21.6 Å². The minimum absolute atomic E-state index is 0.536. The maximum atomic E-state index is 11.8. The second-order valence-corrected chi connectivity index (χ2v) is 8.10. The minimum atomic E-state index is -3.19. The summed E-state index contributed by atoms with van der Waals surface area (Å²) in [6.07, 6.45) is 6.20. The molecule has 0 amide bonds. The van der Waals surface area contributed by atoms with Gasteiger partial charge >= 0.3 is 0 Å². The lowest BCUT2D eigenvalue weighted by atomic mass is 10.0. The molecule has 5 heteroatoms. The van der Waals surface area contributed by atoms with Crippen molar-refractivity contribution in [2.45, 2.75) is 13.3 Å². The van der Waals surface area contributed by atoms with Crippen LogP contribution in [0.2, 0.25) is 0 Å². The second kappa shape index (κ2) is 4.86. The summed E-state index contributed by atoms with van der Waals surface area (Å²) in [7, 11) is -3.19. The molecule has 0 radical (unpaired) electrons. The highest BCUT2D eigenvalue weighted by Crippen LogP contribution is 2.34. The fourth-order valence-electron chi connectivity index (χ4n) is 3.27. The van der Waals surface area contributed by atoms with Crippen molar-refractivity contribution in [3.8, 4) is 11.1 Å². The van der Waals surface area contributed by atoms with Gasteiger partial charge in [0.15, 0.2) is 0 Å². The predicted molar refractivity (Wildman–Crippen MR) is 93.5 cm³/mol. The molecule has 0 spiro atoms. The Labute approximate surface area is 136 Å². The number of pyridine rings is 1. The van der Waals surface area contributed by atoms with Gasteiger partial charge in [-0.1, -0.05) is 6.07 Å². The van der Waals surface area contributed by atoms with Crippen LogP contribution in [-0.4, -0.2) is 25.6 Å². The molecule has 0 aliphatic carbocycles. The van der Waals surface area contributed by atoms with Crippen molar-refractivity contribution in [2.75, 3.05) is 17.1 Å². The molecule has 0 N–H and O–H groups in total. The summed E-state index contributed by atoms with van der Waals surface area (Å²) in [4.78, 5) is 0. The summed E-state index contributed by atoms with van der Waals surface area (Å²) in [6, 6.07) is 12.4. The monoisotopic (exact) mass is 326 g/mol. The predicted octanol–water partition coefficient (Wildman–Crippen LogP) is 3.24. The molecule has 0 fully saturated rings. The van der Waals surface area contributed by atoms with Gasteiger partial charge in [0.05, 0.1) is 11.9 Å². The Balaban J connectivity index is 1.78. The number of aromatic nitrogens is 1. The van der Waals surface area contributed by atoms with E-state index in [4.69, 9.17) is 0 Å². The Hall–Kier alpha value is -2.27. The van der Waals surface area contributed by atoms with Crippen molar-refractivity contribution in [3.05, 3.63) is 59.9 Å². The zero-order chi connectivity index (χ0) is 16.2. The Morgan fingerprint density at radius 2 is 1.87 bits per heavy atom. The molecular weight excluding hydrogens is 308 g/mol. The normalized spacial score (nSPS) is 14.4. The van der Waals surface area contributed by atoms with Gasteiger partial charge in [0.1, 0.15) is 0 Å². The third kappa shape index (κ3) is 2.41. The molecule has 2 aromatic heterocycles. The fraction of sp³-hybridized carbons (Fsp3) is 0.222. The molecule has 4 rings (SSSR count). The smallest absolute Gasteiger partial charge is 0.232 e. The average Bonchev–Trinajstić information content (AvgIpc) is 3.08. The lowest BCUT2D eigenvalue weighted by Crippen LogP contribution is -2.27. The largest absolute Gasteiger partial charge is 0.323 e. The molecule has 0 unspecified atom stereocenters. The van der Waals surface area contributed by atoms with Crippen LogP contribution in [0.1, 0.15) is 11.1 Å². The molecule has 0 saturated heterocycles. The van der Waals surface area contributed by atoms with Gasteiger partial charge in [-0.25, -0.2) is 8.42 Å². The highest BCUT2D eigenvalue weighted by molar-refractivity contribution is 7.92.